The summed E-state index contributed by atoms with van der Waals surface area (Å²) in [6.07, 6.45) is 0.879. The minimum absolute atomic E-state index is 0.0161. The average molecular weight is 298 g/mol. The summed E-state index contributed by atoms with van der Waals surface area (Å²) in [5.41, 5.74) is 1.84. The fourth-order valence-corrected chi connectivity index (χ4v) is 2.61. The van der Waals surface area contributed by atoms with Crippen molar-refractivity contribution in [3.63, 3.8) is 0 Å². The zero-order valence-electron chi connectivity index (χ0n) is 12.6. The maximum atomic E-state index is 12.2. The van der Waals surface area contributed by atoms with Gasteiger partial charge in [-0.3, -0.25) is 14.3 Å². The average Bonchev–Trinajstić information content (AvgIpc) is 2.76. The van der Waals surface area contributed by atoms with Gasteiger partial charge in [-0.15, -0.1) is 0 Å². The molecule has 1 atom stereocenters. The van der Waals surface area contributed by atoms with Gasteiger partial charge >= 0.3 is 0 Å². The molecule has 114 valence electrons. The van der Waals surface area contributed by atoms with Crippen molar-refractivity contribution in [1.29, 1.82) is 0 Å². The molecule has 22 heavy (non-hydrogen) atoms. The molecule has 2 aromatic rings. The number of benzene rings is 1. The number of anilines is 2. The van der Waals surface area contributed by atoms with Gasteiger partial charge in [0.25, 0.3) is 0 Å². The van der Waals surface area contributed by atoms with Crippen LogP contribution in [0.2, 0.25) is 0 Å². The van der Waals surface area contributed by atoms with Gasteiger partial charge in [0.1, 0.15) is 5.82 Å². The van der Waals surface area contributed by atoms with E-state index in [0.717, 1.165) is 11.1 Å². The number of hydrogen-bond donors (Lipinski definition) is 2. The van der Waals surface area contributed by atoms with Gasteiger partial charge < -0.3 is 10.6 Å². The van der Waals surface area contributed by atoms with E-state index >= 15 is 0 Å². The Morgan fingerprint density at radius 2 is 2.14 bits per heavy atom. The molecule has 0 fully saturated rings. The van der Waals surface area contributed by atoms with Crippen LogP contribution < -0.4 is 10.6 Å². The smallest absolute Gasteiger partial charge is 0.230 e. The molecule has 0 spiro atoms. The number of aromatic nitrogens is 2. The maximum Gasteiger partial charge on any atom is 0.230 e. The first-order valence-electron chi connectivity index (χ1n) is 7.25. The summed E-state index contributed by atoms with van der Waals surface area (Å²) in [7, 11) is 1.75. The number of nitrogens with one attached hydrogen (secondary N) is 2. The number of fused-ring (bicyclic) bond motifs is 1. The van der Waals surface area contributed by atoms with Gasteiger partial charge in [0.2, 0.25) is 11.8 Å². The number of carbonyl (C=O) groups excluding carboxylic acids is 2. The summed E-state index contributed by atoms with van der Waals surface area (Å²) >= 11 is 0. The molecule has 1 unspecified atom stereocenters. The Labute approximate surface area is 128 Å². The second kappa shape index (κ2) is 5.63. The van der Waals surface area contributed by atoms with Crippen molar-refractivity contribution in [3.05, 3.63) is 41.5 Å². The second-order valence-electron chi connectivity index (χ2n) is 5.60. The Balaban J connectivity index is 1.77. The molecule has 6 nitrogen and oxygen atoms in total. The van der Waals surface area contributed by atoms with E-state index in [1.807, 2.05) is 37.3 Å². The van der Waals surface area contributed by atoms with Gasteiger partial charge in [-0.25, -0.2) is 0 Å². The minimum atomic E-state index is -0.124. The fourth-order valence-electron chi connectivity index (χ4n) is 2.61. The SMILES string of the molecule is CC1Cc2c(NC(=O)Cc3ccccc3)nn(C)c2NC1=O. The highest BCUT2D eigenvalue weighted by Gasteiger charge is 2.29. The molecule has 0 aliphatic carbocycles. The standard InChI is InChI=1S/C16H18N4O2/c1-10-8-12-14(19-20(2)15(12)18-16(10)22)17-13(21)9-11-6-4-3-5-7-11/h3-7,10H,8-9H2,1-2H3,(H,18,22)(H,17,19,21). The number of nitrogens with zero attached hydrogens (tertiary/aromatic N) is 2. The van der Waals surface area contributed by atoms with Gasteiger partial charge in [-0.05, 0) is 12.0 Å². The van der Waals surface area contributed by atoms with Gasteiger partial charge in [-0.1, -0.05) is 37.3 Å². The first-order valence-corrected chi connectivity index (χ1v) is 7.25. The van der Waals surface area contributed by atoms with Crippen LogP contribution in [-0.2, 0) is 29.5 Å². The lowest BCUT2D eigenvalue weighted by Gasteiger charge is -2.19. The number of amides is 2. The van der Waals surface area contributed by atoms with Crippen LogP contribution in [0.5, 0.6) is 0 Å². The molecule has 1 aliphatic heterocycles. The molecule has 2 heterocycles. The van der Waals surface area contributed by atoms with E-state index in [-0.39, 0.29) is 17.7 Å². The Bertz CT molecular complexity index is 721. The van der Waals surface area contributed by atoms with Crippen molar-refractivity contribution in [2.75, 3.05) is 10.6 Å². The first-order chi connectivity index (χ1) is 10.5. The van der Waals surface area contributed by atoms with E-state index in [9.17, 15) is 9.59 Å². The van der Waals surface area contributed by atoms with Crippen LogP contribution in [0.1, 0.15) is 18.1 Å². The molecule has 1 aromatic carbocycles. The molecular weight excluding hydrogens is 280 g/mol. The Kier molecular flexibility index (Phi) is 3.66. The molecule has 2 amide bonds. The third kappa shape index (κ3) is 2.72. The predicted octanol–water partition coefficient (Wildman–Crippen LogP) is 1.73. The van der Waals surface area contributed by atoms with E-state index in [2.05, 4.69) is 15.7 Å². The molecule has 3 rings (SSSR count). The van der Waals surface area contributed by atoms with E-state index in [1.165, 1.54) is 0 Å². The third-order valence-corrected chi connectivity index (χ3v) is 3.81. The predicted molar refractivity (Wildman–Crippen MR) is 83.5 cm³/mol. The molecule has 1 aliphatic rings. The lowest BCUT2D eigenvalue weighted by Crippen LogP contribution is -2.28. The minimum Gasteiger partial charge on any atom is -0.310 e. The van der Waals surface area contributed by atoms with Gasteiger partial charge in [0.05, 0.1) is 6.42 Å². The lowest BCUT2D eigenvalue weighted by atomic mass is 9.98. The molecule has 0 saturated carbocycles. The van der Waals surface area contributed by atoms with Crippen LogP contribution in [0.15, 0.2) is 30.3 Å². The van der Waals surface area contributed by atoms with Gasteiger partial charge in [0, 0.05) is 18.5 Å². The largest absolute Gasteiger partial charge is 0.310 e. The number of hydrogen-bond acceptors (Lipinski definition) is 3. The van der Waals surface area contributed by atoms with Crippen LogP contribution in [0.3, 0.4) is 0 Å². The zero-order valence-corrected chi connectivity index (χ0v) is 12.6. The molecule has 6 heteroatoms. The topological polar surface area (TPSA) is 76.0 Å². The second-order valence-corrected chi connectivity index (χ2v) is 5.60. The highest BCUT2D eigenvalue weighted by Crippen LogP contribution is 2.31. The molecule has 0 radical (unpaired) electrons. The quantitative estimate of drug-likeness (QED) is 0.906. The third-order valence-electron chi connectivity index (χ3n) is 3.81. The van der Waals surface area contributed by atoms with Crippen LogP contribution in [0, 0.1) is 5.92 Å². The summed E-state index contributed by atoms with van der Waals surface area (Å²) in [6.45, 7) is 1.86. The summed E-state index contributed by atoms with van der Waals surface area (Å²) in [5, 5.41) is 10.00. The van der Waals surface area contributed by atoms with Crippen LogP contribution in [-0.4, -0.2) is 21.6 Å². The Hall–Kier alpha value is -2.63. The van der Waals surface area contributed by atoms with Gasteiger partial charge in [0.15, 0.2) is 5.82 Å². The van der Waals surface area contributed by atoms with E-state index in [4.69, 9.17) is 0 Å². The fraction of sp³-hybridized carbons (Fsp3) is 0.312. The molecule has 0 bridgehead atoms. The van der Waals surface area contributed by atoms with E-state index < -0.39 is 0 Å². The highest BCUT2D eigenvalue weighted by molar-refractivity contribution is 5.98. The molecule has 0 saturated heterocycles. The Morgan fingerprint density at radius 1 is 1.41 bits per heavy atom. The van der Waals surface area contributed by atoms with Crippen molar-refractivity contribution < 1.29 is 9.59 Å². The van der Waals surface area contributed by atoms with Crippen molar-refractivity contribution in [3.8, 4) is 0 Å². The maximum absolute atomic E-state index is 12.2. The molecule has 2 N–H and O–H groups in total. The normalized spacial score (nSPS) is 16.8. The Morgan fingerprint density at radius 3 is 2.86 bits per heavy atom. The molecular formula is C16H18N4O2. The number of aryl methyl sites for hydroxylation is 1. The number of carbonyl (C=O) groups is 2. The monoisotopic (exact) mass is 298 g/mol. The summed E-state index contributed by atoms with van der Waals surface area (Å²) in [4.78, 5) is 23.9. The van der Waals surface area contributed by atoms with Crippen molar-refractivity contribution in [2.45, 2.75) is 19.8 Å². The highest BCUT2D eigenvalue weighted by atomic mass is 16.2. The summed E-state index contributed by atoms with van der Waals surface area (Å²) < 4.78 is 1.59. The lowest BCUT2D eigenvalue weighted by molar-refractivity contribution is -0.119. The van der Waals surface area contributed by atoms with Crippen LogP contribution >= 0.6 is 0 Å². The van der Waals surface area contributed by atoms with Crippen molar-refractivity contribution >= 4 is 23.5 Å². The molecule has 1 aromatic heterocycles. The van der Waals surface area contributed by atoms with Crippen LogP contribution in [0.25, 0.3) is 0 Å². The first kappa shape index (κ1) is 14.3. The summed E-state index contributed by atoms with van der Waals surface area (Å²) in [5.74, 6) is 0.944. The van der Waals surface area contributed by atoms with Gasteiger partial charge in [-0.2, -0.15) is 5.10 Å². The summed E-state index contributed by atoms with van der Waals surface area (Å²) in [6, 6.07) is 9.55. The van der Waals surface area contributed by atoms with Crippen LogP contribution in [0.4, 0.5) is 11.6 Å². The number of rotatable bonds is 3. The van der Waals surface area contributed by atoms with Crippen molar-refractivity contribution in [1.82, 2.24) is 9.78 Å². The zero-order chi connectivity index (χ0) is 15.7. The van der Waals surface area contributed by atoms with Crippen molar-refractivity contribution in [2.24, 2.45) is 13.0 Å². The van der Waals surface area contributed by atoms with E-state index in [1.54, 1.807) is 11.7 Å². The van der Waals surface area contributed by atoms with E-state index in [0.29, 0.717) is 24.5 Å².